The molecule has 0 aromatic heterocycles. The second-order valence-corrected chi connectivity index (χ2v) is 8.36. The maximum Gasteiger partial charge on any atom is 0.0213 e. The van der Waals surface area contributed by atoms with E-state index < -0.39 is 0 Å². The van der Waals surface area contributed by atoms with E-state index >= 15 is 0 Å². The van der Waals surface area contributed by atoms with Crippen LogP contribution in [0.3, 0.4) is 0 Å². The lowest BCUT2D eigenvalue weighted by Gasteiger charge is -2.45. The number of hydrogen-bond acceptors (Lipinski definition) is 1. The van der Waals surface area contributed by atoms with Gasteiger partial charge in [-0.3, -0.25) is 0 Å². The molecule has 0 heterocycles. The number of hydrogen-bond donors (Lipinski definition) is 1. The fourth-order valence-electron chi connectivity index (χ4n) is 4.36. The Bertz CT molecular complexity index is 434. The predicted octanol–water partition coefficient (Wildman–Crippen LogP) is 5.00. The number of benzene rings is 1. The van der Waals surface area contributed by atoms with Gasteiger partial charge in [0.2, 0.25) is 0 Å². The third-order valence-corrected chi connectivity index (χ3v) is 4.77. The highest BCUT2D eigenvalue weighted by molar-refractivity contribution is 5.33. The zero-order chi connectivity index (χ0) is 15.0. The molecule has 112 valence electrons. The first-order valence-corrected chi connectivity index (χ1v) is 7.97. The van der Waals surface area contributed by atoms with Crippen molar-refractivity contribution >= 4 is 0 Å². The smallest absolute Gasteiger partial charge is 0.0213 e. The van der Waals surface area contributed by atoms with E-state index in [0.717, 1.165) is 6.54 Å². The van der Waals surface area contributed by atoms with Crippen molar-refractivity contribution < 1.29 is 0 Å². The Morgan fingerprint density at radius 3 is 2.00 bits per heavy atom. The zero-order valence-electron chi connectivity index (χ0n) is 14.1. The van der Waals surface area contributed by atoms with Crippen molar-refractivity contribution in [2.75, 3.05) is 0 Å². The Labute approximate surface area is 125 Å². The van der Waals surface area contributed by atoms with Crippen molar-refractivity contribution in [1.82, 2.24) is 5.32 Å². The van der Waals surface area contributed by atoms with Gasteiger partial charge in [0, 0.05) is 12.6 Å². The minimum atomic E-state index is 0.459. The predicted molar refractivity (Wildman–Crippen MR) is 88.0 cm³/mol. The number of rotatable bonds is 3. The summed E-state index contributed by atoms with van der Waals surface area (Å²) in [4.78, 5) is 0. The Balaban J connectivity index is 2.04. The molecular formula is C19H31N. The highest BCUT2D eigenvalue weighted by Gasteiger charge is 2.38. The average Bonchev–Trinajstić information content (AvgIpc) is 2.23. The van der Waals surface area contributed by atoms with E-state index in [1.165, 1.54) is 36.0 Å². The first kappa shape index (κ1) is 15.6. The van der Waals surface area contributed by atoms with Gasteiger partial charge in [-0.15, -0.1) is 0 Å². The maximum atomic E-state index is 3.83. The Morgan fingerprint density at radius 2 is 1.50 bits per heavy atom. The van der Waals surface area contributed by atoms with Crippen molar-refractivity contribution in [2.24, 2.45) is 10.8 Å². The van der Waals surface area contributed by atoms with Crippen LogP contribution >= 0.6 is 0 Å². The molecule has 2 rings (SSSR count). The molecular weight excluding hydrogens is 242 g/mol. The second kappa shape index (κ2) is 5.52. The van der Waals surface area contributed by atoms with Crippen LogP contribution in [0.2, 0.25) is 0 Å². The molecule has 1 fully saturated rings. The average molecular weight is 273 g/mol. The summed E-state index contributed by atoms with van der Waals surface area (Å²) in [5.74, 6) is 0. The molecule has 0 amide bonds. The first-order valence-electron chi connectivity index (χ1n) is 7.97. The van der Waals surface area contributed by atoms with Crippen LogP contribution in [-0.4, -0.2) is 6.04 Å². The van der Waals surface area contributed by atoms with Gasteiger partial charge in [-0.1, -0.05) is 45.9 Å². The van der Waals surface area contributed by atoms with Crippen molar-refractivity contribution in [1.29, 1.82) is 0 Å². The van der Waals surface area contributed by atoms with Gasteiger partial charge in [0.1, 0.15) is 0 Å². The molecule has 0 unspecified atom stereocenters. The normalized spacial score (nSPS) is 21.9. The topological polar surface area (TPSA) is 12.0 Å². The molecule has 0 radical (unpaired) electrons. The summed E-state index contributed by atoms with van der Waals surface area (Å²) in [7, 11) is 0. The summed E-state index contributed by atoms with van der Waals surface area (Å²) in [5, 5.41) is 3.83. The van der Waals surface area contributed by atoms with Gasteiger partial charge >= 0.3 is 0 Å². The molecule has 1 aromatic rings. The monoisotopic (exact) mass is 273 g/mol. The Hall–Kier alpha value is -0.820. The molecule has 1 aromatic carbocycles. The number of aryl methyl sites for hydroxylation is 2. The van der Waals surface area contributed by atoms with Gasteiger partial charge in [0.25, 0.3) is 0 Å². The van der Waals surface area contributed by atoms with E-state index in [-0.39, 0.29) is 0 Å². The van der Waals surface area contributed by atoms with Gasteiger partial charge in [-0.2, -0.15) is 0 Å². The fourth-order valence-corrected chi connectivity index (χ4v) is 4.36. The summed E-state index contributed by atoms with van der Waals surface area (Å²) in [5.41, 5.74) is 5.22. The fraction of sp³-hybridized carbons (Fsp3) is 0.684. The molecule has 0 spiro atoms. The van der Waals surface area contributed by atoms with E-state index in [1.54, 1.807) is 0 Å². The molecule has 0 aliphatic heterocycles. The third-order valence-electron chi connectivity index (χ3n) is 4.77. The second-order valence-electron chi connectivity index (χ2n) is 8.36. The van der Waals surface area contributed by atoms with Crippen LogP contribution in [0, 0.1) is 24.7 Å². The third kappa shape index (κ3) is 3.85. The minimum absolute atomic E-state index is 0.459. The molecule has 20 heavy (non-hydrogen) atoms. The SMILES string of the molecule is Cc1cccc(C)c1CNC1CC(C)(C)CC(C)(C)C1. The lowest BCUT2D eigenvalue weighted by molar-refractivity contribution is 0.0844. The van der Waals surface area contributed by atoms with Crippen LogP contribution in [0.15, 0.2) is 18.2 Å². The molecule has 1 heteroatoms. The summed E-state index contributed by atoms with van der Waals surface area (Å²) in [6, 6.07) is 7.24. The van der Waals surface area contributed by atoms with E-state index in [2.05, 4.69) is 65.1 Å². The summed E-state index contributed by atoms with van der Waals surface area (Å²) in [6.45, 7) is 15.1. The quantitative estimate of drug-likeness (QED) is 0.817. The lowest BCUT2D eigenvalue weighted by atomic mass is 9.63. The van der Waals surface area contributed by atoms with E-state index in [0.29, 0.717) is 16.9 Å². The molecule has 1 saturated carbocycles. The minimum Gasteiger partial charge on any atom is -0.310 e. The van der Waals surface area contributed by atoms with E-state index in [1.807, 2.05) is 0 Å². The highest BCUT2D eigenvalue weighted by atomic mass is 14.9. The van der Waals surface area contributed by atoms with Crippen molar-refractivity contribution in [3.63, 3.8) is 0 Å². The van der Waals surface area contributed by atoms with Gasteiger partial charge in [-0.05, 0) is 60.6 Å². The summed E-state index contributed by atoms with van der Waals surface area (Å²) in [6.07, 6.45) is 3.92. The van der Waals surface area contributed by atoms with Crippen LogP contribution in [0.1, 0.15) is 63.6 Å². The molecule has 0 atom stereocenters. The molecule has 1 nitrogen and oxygen atoms in total. The number of nitrogens with one attached hydrogen (secondary N) is 1. The Kier molecular flexibility index (Phi) is 4.30. The lowest BCUT2D eigenvalue weighted by Crippen LogP contribution is -2.43. The molecule has 1 N–H and O–H groups in total. The standard InChI is InChI=1S/C19H31N/c1-14-8-7-9-15(2)17(14)12-20-16-10-18(3,4)13-19(5,6)11-16/h7-9,16,20H,10-13H2,1-6H3. The van der Waals surface area contributed by atoms with Crippen LogP contribution in [-0.2, 0) is 6.54 Å². The molecule has 0 bridgehead atoms. The maximum absolute atomic E-state index is 3.83. The van der Waals surface area contributed by atoms with Crippen LogP contribution < -0.4 is 5.32 Å². The Morgan fingerprint density at radius 1 is 1.00 bits per heavy atom. The molecule has 1 aliphatic rings. The van der Waals surface area contributed by atoms with Crippen molar-refractivity contribution in [3.8, 4) is 0 Å². The van der Waals surface area contributed by atoms with E-state index in [9.17, 15) is 0 Å². The van der Waals surface area contributed by atoms with Gasteiger partial charge in [0.15, 0.2) is 0 Å². The highest BCUT2D eigenvalue weighted by Crippen LogP contribution is 2.45. The molecule has 0 saturated heterocycles. The van der Waals surface area contributed by atoms with Gasteiger partial charge in [-0.25, -0.2) is 0 Å². The largest absolute Gasteiger partial charge is 0.310 e. The van der Waals surface area contributed by atoms with Crippen LogP contribution in [0.25, 0.3) is 0 Å². The first-order chi connectivity index (χ1) is 9.19. The zero-order valence-corrected chi connectivity index (χ0v) is 14.1. The van der Waals surface area contributed by atoms with Crippen molar-refractivity contribution in [3.05, 3.63) is 34.9 Å². The van der Waals surface area contributed by atoms with Crippen molar-refractivity contribution in [2.45, 2.75) is 73.4 Å². The van der Waals surface area contributed by atoms with E-state index in [4.69, 9.17) is 0 Å². The molecule has 1 aliphatic carbocycles. The van der Waals surface area contributed by atoms with Crippen LogP contribution in [0.4, 0.5) is 0 Å². The van der Waals surface area contributed by atoms with Gasteiger partial charge in [0.05, 0.1) is 0 Å². The summed E-state index contributed by atoms with van der Waals surface area (Å²) >= 11 is 0. The van der Waals surface area contributed by atoms with Gasteiger partial charge < -0.3 is 5.32 Å². The summed E-state index contributed by atoms with van der Waals surface area (Å²) < 4.78 is 0. The van der Waals surface area contributed by atoms with Crippen LogP contribution in [0.5, 0.6) is 0 Å².